The highest BCUT2D eigenvalue weighted by atomic mass is 16.1. The van der Waals surface area contributed by atoms with Crippen molar-refractivity contribution in [1.29, 1.82) is 0 Å². The van der Waals surface area contributed by atoms with Crippen molar-refractivity contribution in [2.75, 3.05) is 0 Å². The second-order valence-corrected chi connectivity index (χ2v) is 1.99. The maximum atomic E-state index is 10.6. The van der Waals surface area contributed by atoms with Crippen molar-refractivity contribution in [1.82, 2.24) is 4.98 Å². The largest absolute Gasteiger partial charge is 0.366 e. The van der Waals surface area contributed by atoms with Crippen LogP contribution in [-0.2, 0) is 0 Å². The zero-order valence-corrected chi connectivity index (χ0v) is 6.01. The van der Waals surface area contributed by atoms with Gasteiger partial charge in [-0.05, 0) is 11.6 Å². The number of rotatable bonds is 2. The third-order valence-electron chi connectivity index (χ3n) is 1.17. The topological polar surface area (TPSA) is 105 Å². The maximum Gasteiger partial charge on any atom is 0.250 e. The number of hydrogen-bond donors (Lipinski definition) is 1. The van der Waals surface area contributed by atoms with Gasteiger partial charge in [0.05, 0.1) is 11.3 Å². The summed E-state index contributed by atoms with van der Waals surface area (Å²) < 4.78 is 0. The molecule has 0 bridgehead atoms. The van der Waals surface area contributed by atoms with Crippen molar-refractivity contribution in [3.63, 3.8) is 0 Å². The van der Waals surface area contributed by atoms with Crippen LogP contribution in [-0.4, -0.2) is 10.9 Å². The summed E-state index contributed by atoms with van der Waals surface area (Å²) >= 11 is 0. The quantitative estimate of drug-likeness (QED) is 0.400. The number of amides is 1. The summed E-state index contributed by atoms with van der Waals surface area (Å²) in [7, 11) is 0. The number of azide groups is 1. The summed E-state index contributed by atoms with van der Waals surface area (Å²) in [6, 6.07) is 1.37. The van der Waals surface area contributed by atoms with Crippen LogP contribution in [0.25, 0.3) is 10.4 Å². The fourth-order valence-corrected chi connectivity index (χ4v) is 0.669. The van der Waals surface area contributed by atoms with Gasteiger partial charge in [0.25, 0.3) is 0 Å². The number of nitrogens with two attached hydrogens (primary N) is 1. The average molecular weight is 163 g/mol. The monoisotopic (exact) mass is 163 g/mol. The lowest BCUT2D eigenvalue weighted by atomic mass is 10.2. The summed E-state index contributed by atoms with van der Waals surface area (Å²) in [6.07, 6.45) is 2.64. The maximum absolute atomic E-state index is 10.6. The molecule has 6 heteroatoms. The average Bonchev–Trinajstić information content (AvgIpc) is 2.05. The molecular formula is C6H5N5O. The molecule has 0 saturated heterocycles. The van der Waals surface area contributed by atoms with E-state index in [9.17, 15) is 4.79 Å². The Balaban J connectivity index is 3.11. The standard InChI is InChI=1S/C6H5N5O/c7-6(12)4-1-5(10-11-8)3-9-2-4/h1-3H,(H2,7,12). The Labute approximate surface area is 67.7 Å². The van der Waals surface area contributed by atoms with E-state index in [1.54, 1.807) is 0 Å². The molecule has 60 valence electrons. The molecule has 0 atom stereocenters. The molecule has 1 rings (SSSR count). The van der Waals surface area contributed by atoms with E-state index in [0.29, 0.717) is 0 Å². The first-order valence-electron chi connectivity index (χ1n) is 3.04. The molecule has 1 heterocycles. The van der Waals surface area contributed by atoms with E-state index in [4.69, 9.17) is 11.3 Å². The molecule has 1 aromatic rings. The lowest BCUT2D eigenvalue weighted by Crippen LogP contribution is -2.10. The first-order chi connectivity index (χ1) is 5.74. The van der Waals surface area contributed by atoms with Crippen LogP contribution in [0.2, 0.25) is 0 Å². The summed E-state index contributed by atoms with van der Waals surface area (Å²) in [6.45, 7) is 0. The molecule has 2 N–H and O–H groups in total. The van der Waals surface area contributed by atoms with Gasteiger partial charge in [-0.3, -0.25) is 9.78 Å². The molecule has 12 heavy (non-hydrogen) atoms. The number of carbonyl (C=O) groups is 1. The SMILES string of the molecule is [N-]=[N+]=Nc1cncc(C(N)=O)c1. The van der Waals surface area contributed by atoms with Gasteiger partial charge >= 0.3 is 0 Å². The molecule has 0 aliphatic rings. The Bertz CT molecular complexity index is 337. The predicted molar refractivity (Wildman–Crippen MR) is 41.6 cm³/mol. The van der Waals surface area contributed by atoms with Crippen LogP contribution in [0.4, 0.5) is 5.69 Å². The van der Waals surface area contributed by atoms with Crippen LogP contribution in [0.5, 0.6) is 0 Å². The summed E-state index contributed by atoms with van der Waals surface area (Å²) in [5.41, 5.74) is 13.5. The minimum Gasteiger partial charge on any atom is -0.366 e. The summed E-state index contributed by atoms with van der Waals surface area (Å²) in [5.74, 6) is -0.600. The fourth-order valence-electron chi connectivity index (χ4n) is 0.669. The van der Waals surface area contributed by atoms with Gasteiger partial charge in [0.15, 0.2) is 0 Å². The Morgan fingerprint density at radius 2 is 2.42 bits per heavy atom. The molecule has 0 aliphatic carbocycles. The van der Waals surface area contributed by atoms with Crippen LogP contribution in [0.3, 0.4) is 0 Å². The Morgan fingerprint density at radius 3 is 3.00 bits per heavy atom. The third-order valence-corrected chi connectivity index (χ3v) is 1.17. The second-order valence-electron chi connectivity index (χ2n) is 1.99. The minimum atomic E-state index is -0.600. The molecule has 0 radical (unpaired) electrons. The van der Waals surface area contributed by atoms with Crippen LogP contribution in [0.15, 0.2) is 23.6 Å². The molecule has 0 spiro atoms. The van der Waals surface area contributed by atoms with Gasteiger partial charge in [0.1, 0.15) is 0 Å². The molecule has 1 amide bonds. The van der Waals surface area contributed by atoms with E-state index < -0.39 is 5.91 Å². The van der Waals surface area contributed by atoms with Crippen LogP contribution >= 0.6 is 0 Å². The van der Waals surface area contributed by atoms with Gasteiger partial charge in [0, 0.05) is 17.3 Å². The fraction of sp³-hybridized carbons (Fsp3) is 0. The number of carbonyl (C=O) groups excluding carboxylic acids is 1. The number of nitrogens with zero attached hydrogens (tertiary/aromatic N) is 4. The molecule has 0 unspecified atom stereocenters. The third kappa shape index (κ3) is 1.71. The Morgan fingerprint density at radius 1 is 1.67 bits per heavy atom. The molecule has 0 saturated carbocycles. The Kier molecular flexibility index (Phi) is 2.25. The van der Waals surface area contributed by atoms with Gasteiger partial charge in [-0.1, -0.05) is 5.11 Å². The molecule has 0 aromatic carbocycles. The number of primary amides is 1. The molecule has 0 fully saturated rings. The lowest BCUT2D eigenvalue weighted by Gasteiger charge is -1.93. The number of aromatic nitrogens is 1. The second kappa shape index (κ2) is 3.36. The van der Waals surface area contributed by atoms with Crippen molar-refractivity contribution >= 4 is 11.6 Å². The first kappa shape index (κ1) is 8.03. The van der Waals surface area contributed by atoms with Crippen LogP contribution in [0, 0.1) is 0 Å². The van der Waals surface area contributed by atoms with Crippen molar-refractivity contribution in [2.24, 2.45) is 10.8 Å². The lowest BCUT2D eigenvalue weighted by molar-refractivity contribution is 0.1000. The van der Waals surface area contributed by atoms with E-state index in [1.807, 2.05) is 0 Å². The van der Waals surface area contributed by atoms with E-state index >= 15 is 0 Å². The van der Waals surface area contributed by atoms with Gasteiger partial charge in [-0.25, -0.2) is 0 Å². The Hall–Kier alpha value is -2.07. The van der Waals surface area contributed by atoms with E-state index in [1.165, 1.54) is 18.5 Å². The smallest absolute Gasteiger partial charge is 0.250 e. The van der Waals surface area contributed by atoms with E-state index in [-0.39, 0.29) is 11.3 Å². The highest BCUT2D eigenvalue weighted by Crippen LogP contribution is 2.11. The van der Waals surface area contributed by atoms with Crippen molar-refractivity contribution in [3.8, 4) is 0 Å². The molecule has 0 aliphatic heterocycles. The number of hydrogen-bond acceptors (Lipinski definition) is 3. The van der Waals surface area contributed by atoms with Crippen molar-refractivity contribution in [3.05, 3.63) is 34.5 Å². The van der Waals surface area contributed by atoms with Crippen molar-refractivity contribution in [2.45, 2.75) is 0 Å². The normalized spacial score (nSPS) is 8.67. The minimum absolute atomic E-state index is 0.222. The van der Waals surface area contributed by atoms with Crippen LogP contribution in [0.1, 0.15) is 10.4 Å². The summed E-state index contributed by atoms with van der Waals surface area (Å²) in [5, 5.41) is 3.26. The number of pyridine rings is 1. The predicted octanol–water partition coefficient (Wildman–Crippen LogP) is 1.12. The molecule has 6 nitrogen and oxygen atoms in total. The van der Waals surface area contributed by atoms with Gasteiger partial charge in [-0.2, -0.15) is 0 Å². The molecular weight excluding hydrogens is 158 g/mol. The van der Waals surface area contributed by atoms with Gasteiger partial charge in [-0.15, -0.1) is 0 Å². The highest BCUT2D eigenvalue weighted by Gasteiger charge is 1.99. The van der Waals surface area contributed by atoms with Gasteiger partial charge in [0.2, 0.25) is 5.91 Å². The zero-order chi connectivity index (χ0) is 8.97. The van der Waals surface area contributed by atoms with Crippen LogP contribution < -0.4 is 5.73 Å². The van der Waals surface area contributed by atoms with Gasteiger partial charge < -0.3 is 5.73 Å². The molecule has 1 aromatic heterocycles. The van der Waals surface area contributed by atoms with E-state index in [0.717, 1.165) is 0 Å². The highest BCUT2D eigenvalue weighted by molar-refractivity contribution is 5.93. The summed E-state index contributed by atoms with van der Waals surface area (Å²) in [4.78, 5) is 16.8. The van der Waals surface area contributed by atoms with Crippen molar-refractivity contribution < 1.29 is 4.79 Å². The zero-order valence-electron chi connectivity index (χ0n) is 6.01. The first-order valence-corrected chi connectivity index (χ1v) is 3.04. The van der Waals surface area contributed by atoms with E-state index in [2.05, 4.69) is 15.0 Å².